The van der Waals surface area contributed by atoms with Crippen molar-refractivity contribution in [2.45, 2.75) is 42.7 Å². The molecule has 0 aliphatic carbocycles. The van der Waals surface area contributed by atoms with Gasteiger partial charge in [0.1, 0.15) is 24.9 Å². The number of likely N-dealkylation sites (N-methyl/N-ethyl adjacent to an activating group) is 1. The van der Waals surface area contributed by atoms with E-state index in [0.717, 1.165) is 21.3 Å². The van der Waals surface area contributed by atoms with Gasteiger partial charge < -0.3 is 42.8 Å². The van der Waals surface area contributed by atoms with Gasteiger partial charge in [0.05, 0.1) is 42.3 Å². The average Bonchev–Trinajstić information content (AvgIpc) is 2.82. The fraction of sp³-hybridized carbons (Fsp3) is 0.895. The predicted molar refractivity (Wildman–Crippen MR) is 104 cm³/mol. The van der Waals surface area contributed by atoms with Crippen LogP contribution in [0.4, 0.5) is 0 Å². The molecule has 1 saturated heterocycles. The number of nitrogens with zero attached hydrogens (tertiary/aromatic N) is 1. The number of carbonyl (C=O) groups excluding carboxylic acids is 2. The van der Waals surface area contributed by atoms with Crippen LogP contribution in [0.1, 0.15) is 27.0 Å². The molecule has 11 heteroatoms. The van der Waals surface area contributed by atoms with Crippen molar-refractivity contribution >= 4 is 11.9 Å². The maximum absolute atomic E-state index is 13.4. The first-order chi connectivity index (χ1) is 20.1. The molecule has 1 fully saturated rings. The molecule has 0 saturated carbocycles. The summed E-state index contributed by atoms with van der Waals surface area (Å²) in [5, 5.41) is 0. The summed E-state index contributed by atoms with van der Waals surface area (Å²) < 4.78 is 155. The highest BCUT2D eigenvalue weighted by atomic mass is 16.7. The third-order valence-electron chi connectivity index (χ3n) is 4.56. The smallest absolute Gasteiger partial charge is 0.366 e. The van der Waals surface area contributed by atoms with Crippen LogP contribution in [0.2, 0.25) is 0 Å². The molecule has 0 radical (unpaired) electrons. The van der Waals surface area contributed by atoms with Crippen LogP contribution < -0.4 is 0 Å². The number of carbonyl (C=O) groups is 2. The first-order valence-electron chi connectivity index (χ1n) is 15.9. The standard InChI is InChI=1S/C19H35NO10/c1-20(14(21)11-24-3)15-12(25-4)9-19(29-8,18(22)28-7)30-17(15)16(27-6)13(26-5)10-23-2/h12-13,15-17H,9-11H2,1-8H3/t12-,13+,15+,16+,17+,19+/m0/s1/i1D3,3D3,4D3,5D3,6D3. The summed E-state index contributed by atoms with van der Waals surface area (Å²) in [4.78, 5) is 26.3. The Bertz CT molecular complexity index is 984. The van der Waals surface area contributed by atoms with Gasteiger partial charge in [-0.3, -0.25) is 4.79 Å². The lowest BCUT2D eigenvalue weighted by molar-refractivity contribution is -0.316. The van der Waals surface area contributed by atoms with Gasteiger partial charge in [0.25, 0.3) is 5.79 Å². The second kappa shape index (κ2) is 12.5. The number of amides is 1. The quantitative estimate of drug-likeness (QED) is 0.358. The summed E-state index contributed by atoms with van der Waals surface area (Å²) in [6.07, 6.45) is -9.94. The lowest BCUT2D eigenvalue weighted by atomic mass is 9.87. The Morgan fingerprint density at radius 2 is 1.97 bits per heavy atom. The van der Waals surface area contributed by atoms with Crippen LogP contribution in [0.5, 0.6) is 0 Å². The summed E-state index contributed by atoms with van der Waals surface area (Å²) in [5.74, 6) is -5.71. The summed E-state index contributed by atoms with van der Waals surface area (Å²) in [5.41, 5.74) is 0. The largest absolute Gasteiger partial charge is 0.465 e. The van der Waals surface area contributed by atoms with Crippen LogP contribution >= 0.6 is 0 Å². The number of rotatable bonds is 12. The summed E-state index contributed by atoms with van der Waals surface area (Å²) in [6, 6.07) is -2.33. The topological polar surface area (TPSA) is 111 Å². The first kappa shape index (κ1) is 11.5. The fourth-order valence-electron chi connectivity index (χ4n) is 3.13. The number of esters is 1. The van der Waals surface area contributed by atoms with Crippen molar-refractivity contribution in [3.05, 3.63) is 0 Å². The Kier molecular flexibility index (Phi) is 4.79. The van der Waals surface area contributed by atoms with Crippen LogP contribution in [0.15, 0.2) is 0 Å². The van der Waals surface area contributed by atoms with Gasteiger partial charge in [-0.2, -0.15) is 0 Å². The molecule has 30 heavy (non-hydrogen) atoms. The zero-order valence-corrected chi connectivity index (χ0v) is 16.5. The van der Waals surface area contributed by atoms with Gasteiger partial charge in [0.2, 0.25) is 5.91 Å². The lowest BCUT2D eigenvalue weighted by Crippen LogP contribution is -2.69. The van der Waals surface area contributed by atoms with Crippen molar-refractivity contribution in [1.29, 1.82) is 0 Å². The second-order valence-electron chi connectivity index (χ2n) is 6.13. The van der Waals surface area contributed by atoms with E-state index in [9.17, 15) is 9.59 Å². The number of hydrogen-bond acceptors (Lipinski definition) is 10. The average molecular weight is 453 g/mol. The van der Waals surface area contributed by atoms with Gasteiger partial charge in [0, 0.05) is 59.9 Å². The molecule has 0 aromatic heterocycles. The van der Waals surface area contributed by atoms with Gasteiger partial charge in [-0.15, -0.1) is 0 Å². The predicted octanol–water partition coefficient (Wildman–Crippen LogP) is -0.544. The van der Waals surface area contributed by atoms with Crippen LogP contribution in [0.25, 0.3) is 0 Å². The molecule has 0 aromatic carbocycles. The van der Waals surface area contributed by atoms with E-state index in [4.69, 9.17) is 53.7 Å². The molecule has 0 spiro atoms. The third kappa shape index (κ3) is 5.67. The van der Waals surface area contributed by atoms with Crippen molar-refractivity contribution in [3.63, 3.8) is 0 Å². The van der Waals surface area contributed by atoms with Crippen molar-refractivity contribution in [1.82, 2.24) is 4.90 Å². The molecule has 1 amide bonds. The number of hydrogen-bond donors (Lipinski definition) is 0. The number of ether oxygens (including phenoxy) is 8. The SMILES string of the molecule is [2H]C([2H])([2H])OCC(=O)N([C@H]1[C@H]([C@H](OC([2H])([2H])[2H])[C@@H](COC)OC([2H])([2H])[2H])O[C@@](OC)(C(=O)OC)C[C@@H]1OC([2H])([2H])[2H])C([2H])([2H])[2H]. The number of methoxy groups -OCH3 is 7. The van der Waals surface area contributed by atoms with E-state index in [1.165, 1.54) is 0 Å². The van der Waals surface area contributed by atoms with Gasteiger partial charge in [0.15, 0.2) is 0 Å². The molecule has 0 unspecified atom stereocenters. The van der Waals surface area contributed by atoms with E-state index in [2.05, 4.69) is 4.74 Å². The molecular formula is C19H35NO10. The highest BCUT2D eigenvalue weighted by Gasteiger charge is 2.58. The molecule has 0 bridgehead atoms. The van der Waals surface area contributed by atoms with Gasteiger partial charge in [-0.25, -0.2) is 4.79 Å². The van der Waals surface area contributed by atoms with Gasteiger partial charge in [-0.05, 0) is 0 Å². The normalized spacial score (nSPS) is 38.1. The van der Waals surface area contributed by atoms with E-state index in [1.807, 2.05) is 0 Å². The second-order valence-corrected chi connectivity index (χ2v) is 6.13. The highest BCUT2D eigenvalue weighted by molar-refractivity contribution is 5.79. The molecule has 6 atom stereocenters. The van der Waals surface area contributed by atoms with Crippen molar-refractivity contribution < 1.29 is 68.0 Å². The maximum atomic E-state index is 13.4. The molecule has 1 heterocycles. The monoisotopic (exact) mass is 452 g/mol. The van der Waals surface area contributed by atoms with E-state index in [-0.39, 0.29) is 4.90 Å². The first-order valence-corrected chi connectivity index (χ1v) is 8.39. The van der Waals surface area contributed by atoms with E-state index in [1.54, 1.807) is 0 Å². The summed E-state index contributed by atoms with van der Waals surface area (Å²) >= 11 is 0. The van der Waals surface area contributed by atoms with Crippen LogP contribution in [-0.4, -0.2) is 123 Å². The minimum Gasteiger partial charge on any atom is -0.465 e. The Morgan fingerprint density at radius 3 is 2.53 bits per heavy atom. The summed E-state index contributed by atoms with van der Waals surface area (Å²) in [7, 11) is -10.6. The van der Waals surface area contributed by atoms with Crippen LogP contribution in [-0.2, 0) is 47.5 Å². The zero-order chi connectivity index (χ0) is 35.4. The molecule has 1 aliphatic rings. The molecule has 0 aromatic rings. The Morgan fingerprint density at radius 1 is 1.17 bits per heavy atom. The molecule has 176 valence electrons. The zero-order valence-electron chi connectivity index (χ0n) is 31.5. The van der Waals surface area contributed by atoms with Crippen LogP contribution in [0, 0.1) is 0 Å². The molecule has 1 aliphatic heterocycles. The Hall–Kier alpha value is -1.34. The molecule has 0 N–H and O–H groups in total. The maximum Gasteiger partial charge on any atom is 0.366 e. The van der Waals surface area contributed by atoms with E-state index in [0.29, 0.717) is 0 Å². The van der Waals surface area contributed by atoms with Crippen molar-refractivity contribution in [2.24, 2.45) is 0 Å². The minimum absolute atomic E-state index is 0.0776. The lowest BCUT2D eigenvalue weighted by Gasteiger charge is -2.50. The Labute approximate surface area is 198 Å². The molecule has 1 rings (SSSR count). The van der Waals surface area contributed by atoms with Crippen molar-refractivity contribution in [3.8, 4) is 0 Å². The fourth-order valence-corrected chi connectivity index (χ4v) is 3.13. The minimum atomic E-state index is -3.61. The van der Waals surface area contributed by atoms with E-state index < -0.39 is 103 Å². The van der Waals surface area contributed by atoms with Crippen molar-refractivity contribution in [2.75, 3.05) is 69.7 Å². The third-order valence-corrected chi connectivity index (χ3v) is 4.56. The highest BCUT2D eigenvalue weighted by Crippen LogP contribution is 2.37. The molecule has 11 nitrogen and oxygen atoms in total. The summed E-state index contributed by atoms with van der Waals surface area (Å²) in [6.45, 7) is -5.84. The van der Waals surface area contributed by atoms with E-state index >= 15 is 0 Å². The van der Waals surface area contributed by atoms with Gasteiger partial charge >= 0.3 is 5.97 Å². The van der Waals surface area contributed by atoms with Gasteiger partial charge in [-0.1, -0.05) is 0 Å². The molecular weight excluding hydrogens is 402 g/mol. The van der Waals surface area contributed by atoms with Crippen LogP contribution in [0.3, 0.4) is 0 Å². The Balaban J connectivity index is 4.21.